The molecule has 1 fully saturated rings. The number of rotatable bonds is 5. The molecule has 0 unspecified atom stereocenters. The van der Waals surface area contributed by atoms with Crippen molar-refractivity contribution >= 4 is 11.7 Å². The fourth-order valence-corrected chi connectivity index (χ4v) is 3.63. The van der Waals surface area contributed by atoms with Crippen molar-refractivity contribution in [3.05, 3.63) is 96.1 Å². The monoisotopic (exact) mass is 355 g/mol. The molecule has 1 aliphatic heterocycles. The molecule has 0 N–H and O–H groups in total. The predicted octanol–water partition coefficient (Wildman–Crippen LogP) is 4.73. The smallest absolute Gasteiger partial charge is 0.223 e. The maximum atomic E-state index is 13.0. The Morgan fingerprint density at radius 3 is 2.07 bits per heavy atom. The molecule has 3 nitrogen and oxygen atoms in total. The topological polar surface area (TPSA) is 37.4 Å². The van der Waals surface area contributed by atoms with E-state index in [1.807, 2.05) is 84.9 Å². The van der Waals surface area contributed by atoms with E-state index >= 15 is 0 Å². The van der Waals surface area contributed by atoms with E-state index in [1.54, 1.807) is 4.90 Å². The highest BCUT2D eigenvalue weighted by atomic mass is 16.2. The molecule has 1 amide bonds. The third-order valence-electron chi connectivity index (χ3n) is 5.10. The molecule has 0 aliphatic carbocycles. The zero-order valence-corrected chi connectivity index (χ0v) is 15.0. The standard InChI is InChI=1S/C24H21NO2/c26-23-16-15-22(25(23)17-18-7-3-1-4-8-18)24(27)21-13-11-20(12-14-21)19-9-5-2-6-10-19/h1-14,22H,15-17H2/t22-/m0/s1. The fraction of sp³-hybridized carbons (Fsp3) is 0.167. The highest BCUT2D eigenvalue weighted by Gasteiger charge is 2.36. The number of carbonyl (C=O) groups excluding carboxylic acids is 2. The van der Waals surface area contributed by atoms with Crippen LogP contribution >= 0.6 is 0 Å². The summed E-state index contributed by atoms with van der Waals surface area (Å²) >= 11 is 0. The van der Waals surface area contributed by atoms with Gasteiger partial charge >= 0.3 is 0 Å². The molecule has 1 aliphatic rings. The van der Waals surface area contributed by atoms with Gasteiger partial charge in [0, 0.05) is 18.5 Å². The normalized spacial score (nSPS) is 16.5. The largest absolute Gasteiger partial charge is 0.328 e. The molecule has 27 heavy (non-hydrogen) atoms. The zero-order valence-electron chi connectivity index (χ0n) is 15.0. The van der Waals surface area contributed by atoms with Gasteiger partial charge in [-0.15, -0.1) is 0 Å². The molecular formula is C24H21NO2. The molecule has 3 heteroatoms. The molecule has 0 aromatic heterocycles. The summed E-state index contributed by atoms with van der Waals surface area (Å²) in [4.78, 5) is 27.1. The van der Waals surface area contributed by atoms with Gasteiger partial charge in [-0.2, -0.15) is 0 Å². The number of hydrogen-bond acceptors (Lipinski definition) is 2. The summed E-state index contributed by atoms with van der Waals surface area (Å²) < 4.78 is 0. The Kier molecular flexibility index (Phi) is 4.84. The Morgan fingerprint density at radius 1 is 0.815 bits per heavy atom. The average molecular weight is 355 g/mol. The maximum Gasteiger partial charge on any atom is 0.223 e. The van der Waals surface area contributed by atoms with E-state index in [0.29, 0.717) is 24.9 Å². The van der Waals surface area contributed by atoms with Crippen molar-refractivity contribution in [2.45, 2.75) is 25.4 Å². The maximum absolute atomic E-state index is 13.0. The highest BCUT2D eigenvalue weighted by Crippen LogP contribution is 2.26. The molecular weight excluding hydrogens is 334 g/mol. The highest BCUT2D eigenvalue weighted by molar-refractivity contribution is 6.03. The van der Waals surface area contributed by atoms with Crippen molar-refractivity contribution in [3.63, 3.8) is 0 Å². The number of Topliss-reactive ketones (excluding diaryl/α,β-unsaturated/α-hetero) is 1. The summed E-state index contributed by atoms with van der Waals surface area (Å²) in [5, 5.41) is 0. The summed E-state index contributed by atoms with van der Waals surface area (Å²) in [5.41, 5.74) is 3.91. The van der Waals surface area contributed by atoms with Gasteiger partial charge in [-0.05, 0) is 23.1 Å². The molecule has 1 heterocycles. The van der Waals surface area contributed by atoms with Gasteiger partial charge in [0.25, 0.3) is 0 Å². The van der Waals surface area contributed by atoms with Crippen LogP contribution < -0.4 is 0 Å². The Labute approximate surface area is 159 Å². The van der Waals surface area contributed by atoms with Crippen LogP contribution in [0.5, 0.6) is 0 Å². The summed E-state index contributed by atoms with van der Waals surface area (Å²) in [7, 11) is 0. The Balaban J connectivity index is 1.53. The van der Waals surface area contributed by atoms with E-state index in [9.17, 15) is 9.59 Å². The van der Waals surface area contributed by atoms with Gasteiger partial charge in [0.1, 0.15) is 0 Å². The van der Waals surface area contributed by atoms with E-state index in [-0.39, 0.29) is 17.7 Å². The lowest BCUT2D eigenvalue weighted by Crippen LogP contribution is -2.38. The molecule has 3 aromatic carbocycles. The predicted molar refractivity (Wildman–Crippen MR) is 106 cm³/mol. The summed E-state index contributed by atoms with van der Waals surface area (Å²) in [6, 6.07) is 27.2. The van der Waals surface area contributed by atoms with Gasteiger partial charge in [-0.3, -0.25) is 9.59 Å². The van der Waals surface area contributed by atoms with Crippen LogP contribution in [-0.2, 0) is 11.3 Å². The van der Waals surface area contributed by atoms with Crippen molar-refractivity contribution in [1.82, 2.24) is 4.90 Å². The third kappa shape index (κ3) is 3.68. The number of benzene rings is 3. The van der Waals surface area contributed by atoms with Gasteiger partial charge < -0.3 is 4.90 Å². The molecule has 134 valence electrons. The van der Waals surface area contributed by atoms with Crippen molar-refractivity contribution in [3.8, 4) is 11.1 Å². The summed E-state index contributed by atoms with van der Waals surface area (Å²) in [6.45, 7) is 0.484. The number of amides is 1. The number of hydrogen-bond donors (Lipinski definition) is 0. The van der Waals surface area contributed by atoms with Gasteiger partial charge in [0.2, 0.25) is 5.91 Å². The second-order valence-corrected chi connectivity index (χ2v) is 6.87. The molecule has 4 rings (SSSR count). The number of nitrogens with zero attached hydrogens (tertiary/aromatic N) is 1. The minimum Gasteiger partial charge on any atom is -0.328 e. The van der Waals surface area contributed by atoms with Gasteiger partial charge in [-0.25, -0.2) is 0 Å². The van der Waals surface area contributed by atoms with E-state index in [4.69, 9.17) is 0 Å². The van der Waals surface area contributed by atoms with Gasteiger partial charge in [0.15, 0.2) is 5.78 Å². The van der Waals surface area contributed by atoms with Crippen molar-refractivity contribution in [1.29, 1.82) is 0 Å². The first-order valence-electron chi connectivity index (χ1n) is 9.25. The summed E-state index contributed by atoms with van der Waals surface area (Å²) in [5.74, 6) is 0.0782. The van der Waals surface area contributed by atoms with Crippen LogP contribution in [0.15, 0.2) is 84.9 Å². The zero-order chi connectivity index (χ0) is 18.6. The second-order valence-electron chi connectivity index (χ2n) is 6.87. The Bertz CT molecular complexity index is 933. The molecule has 0 saturated carbocycles. The quantitative estimate of drug-likeness (QED) is 0.621. The first-order valence-corrected chi connectivity index (χ1v) is 9.25. The molecule has 3 aromatic rings. The van der Waals surface area contributed by atoms with Crippen molar-refractivity contribution in [2.75, 3.05) is 0 Å². The lowest BCUT2D eigenvalue weighted by molar-refractivity contribution is -0.129. The van der Waals surface area contributed by atoms with Crippen LogP contribution in [0.25, 0.3) is 11.1 Å². The van der Waals surface area contributed by atoms with Crippen LogP contribution in [0.3, 0.4) is 0 Å². The minimum atomic E-state index is -0.375. The lowest BCUT2D eigenvalue weighted by atomic mass is 9.98. The lowest BCUT2D eigenvalue weighted by Gasteiger charge is -2.24. The summed E-state index contributed by atoms with van der Waals surface area (Å²) in [6.07, 6.45) is 1.02. The molecule has 1 saturated heterocycles. The van der Waals surface area contributed by atoms with Crippen LogP contribution in [0, 0.1) is 0 Å². The molecule has 0 radical (unpaired) electrons. The van der Waals surface area contributed by atoms with Crippen LogP contribution in [0.2, 0.25) is 0 Å². The van der Waals surface area contributed by atoms with Gasteiger partial charge in [0.05, 0.1) is 6.04 Å². The van der Waals surface area contributed by atoms with Crippen LogP contribution in [0.1, 0.15) is 28.8 Å². The third-order valence-corrected chi connectivity index (χ3v) is 5.10. The van der Waals surface area contributed by atoms with Crippen molar-refractivity contribution in [2.24, 2.45) is 0 Å². The molecule has 0 bridgehead atoms. The Morgan fingerprint density at radius 2 is 1.41 bits per heavy atom. The van der Waals surface area contributed by atoms with E-state index < -0.39 is 0 Å². The van der Waals surface area contributed by atoms with Gasteiger partial charge in [-0.1, -0.05) is 84.9 Å². The minimum absolute atomic E-state index is 0.0244. The number of carbonyl (C=O) groups is 2. The Hall–Kier alpha value is -3.20. The SMILES string of the molecule is O=C(c1ccc(-c2ccccc2)cc1)[C@@H]1CCC(=O)N1Cc1ccccc1. The fourth-order valence-electron chi connectivity index (χ4n) is 3.63. The number of likely N-dealkylation sites (tertiary alicyclic amines) is 1. The van der Waals surface area contributed by atoms with E-state index in [0.717, 1.165) is 16.7 Å². The average Bonchev–Trinajstić information content (AvgIpc) is 3.09. The second kappa shape index (κ2) is 7.58. The molecule has 0 spiro atoms. The first kappa shape index (κ1) is 17.2. The molecule has 1 atom stereocenters. The van der Waals surface area contributed by atoms with E-state index in [2.05, 4.69) is 0 Å². The van der Waals surface area contributed by atoms with Crippen LogP contribution in [0.4, 0.5) is 0 Å². The van der Waals surface area contributed by atoms with Crippen LogP contribution in [-0.4, -0.2) is 22.6 Å². The number of ketones is 1. The van der Waals surface area contributed by atoms with Crippen molar-refractivity contribution < 1.29 is 9.59 Å². The van der Waals surface area contributed by atoms with E-state index in [1.165, 1.54) is 0 Å². The first-order chi connectivity index (χ1) is 13.2.